The molecule has 0 saturated heterocycles. The maximum absolute atomic E-state index is 13.5. The zero-order valence-corrected chi connectivity index (χ0v) is 11.6. The van der Waals surface area contributed by atoms with Gasteiger partial charge in [0.1, 0.15) is 5.69 Å². The van der Waals surface area contributed by atoms with Crippen molar-refractivity contribution in [2.75, 3.05) is 5.73 Å². The number of aromatic nitrogens is 1. The van der Waals surface area contributed by atoms with Crippen molar-refractivity contribution in [3.05, 3.63) is 46.2 Å². The fourth-order valence-electron chi connectivity index (χ4n) is 1.42. The SMILES string of the molecule is Nc1cnc(C(F)(F)F)cc1Oc1cc(Br)cc(F)c1F. The third-order valence-corrected chi connectivity index (χ3v) is 2.82. The third kappa shape index (κ3) is 3.41. The number of benzene rings is 1. The smallest absolute Gasteiger partial charge is 0.433 e. The van der Waals surface area contributed by atoms with E-state index in [1.165, 1.54) is 0 Å². The van der Waals surface area contributed by atoms with Crippen LogP contribution in [0.3, 0.4) is 0 Å². The molecule has 1 aromatic carbocycles. The van der Waals surface area contributed by atoms with E-state index in [9.17, 15) is 22.0 Å². The van der Waals surface area contributed by atoms with Gasteiger partial charge in [-0.3, -0.25) is 0 Å². The second-order valence-electron chi connectivity index (χ2n) is 3.91. The highest BCUT2D eigenvalue weighted by atomic mass is 79.9. The molecule has 112 valence electrons. The van der Waals surface area contributed by atoms with Crippen molar-refractivity contribution in [1.82, 2.24) is 4.98 Å². The van der Waals surface area contributed by atoms with Gasteiger partial charge in [0.15, 0.2) is 17.3 Å². The summed E-state index contributed by atoms with van der Waals surface area (Å²) in [4.78, 5) is 3.10. The molecule has 0 spiro atoms. The molecule has 0 bridgehead atoms. The molecule has 2 aromatic rings. The van der Waals surface area contributed by atoms with Crippen molar-refractivity contribution in [2.45, 2.75) is 6.18 Å². The van der Waals surface area contributed by atoms with E-state index < -0.39 is 35.0 Å². The molecule has 0 atom stereocenters. The van der Waals surface area contributed by atoms with Crippen molar-refractivity contribution in [3.8, 4) is 11.5 Å². The first-order valence-corrected chi connectivity index (χ1v) is 6.13. The second-order valence-corrected chi connectivity index (χ2v) is 4.82. The zero-order valence-electron chi connectivity index (χ0n) is 10.0. The molecular weight excluding hydrogens is 363 g/mol. The van der Waals surface area contributed by atoms with Crippen LogP contribution in [0.15, 0.2) is 28.9 Å². The number of nitrogen functional groups attached to an aromatic ring is 1. The lowest BCUT2D eigenvalue weighted by Crippen LogP contribution is -2.09. The van der Waals surface area contributed by atoms with Crippen molar-refractivity contribution < 1.29 is 26.7 Å². The summed E-state index contributed by atoms with van der Waals surface area (Å²) in [5.74, 6) is -3.65. The number of pyridine rings is 1. The Morgan fingerprint density at radius 3 is 2.38 bits per heavy atom. The molecule has 21 heavy (non-hydrogen) atoms. The summed E-state index contributed by atoms with van der Waals surface area (Å²) in [6.07, 6.45) is -3.99. The highest BCUT2D eigenvalue weighted by molar-refractivity contribution is 9.10. The van der Waals surface area contributed by atoms with Crippen LogP contribution in [0.5, 0.6) is 11.5 Å². The minimum absolute atomic E-state index is 0.153. The Morgan fingerprint density at radius 1 is 1.10 bits per heavy atom. The van der Waals surface area contributed by atoms with E-state index >= 15 is 0 Å². The Hall–Kier alpha value is -1.90. The predicted molar refractivity (Wildman–Crippen MR) is 67.8 cm³/mol. The fourth-order valence-corrected chi connectivity index (χ4v) is 1.82. The minimum atomic E-state index is -4.72. The molecule has 1 aromatic heterocycles. The van der Waals surface area contributed by atoms with Crippen molar-refractivity contribution >= 4 is 21.6 Å². The number of alkyl halides is 3. The summed E-state index contributed by atoms with van der Waals surface area (Å²) in [6.45, 7) is 0. The van der Waals surface area contributed by atoms with Gasteiger partial charge < -0.3 is 10.5 Å². The largest absolute Gasteiger partial charge is 0.452 e. The van der Waals surface area contributed by atoms with Gasteiger partial charge in [-0.25, -0.2) is 9.37 Å². The molecule has 0 aliphatic rings. The summed E-state index contributed by atoms with van der Waals surface area (Å²) in [7, 11) is 0. The van der Waals surface area contributed by atoms with Gasteiger partial charge in [-0.1, -0.05) is 15.9 Å². The summed E-state index contributed by atoms with van der Waals surface area (Å²) >= 11 is 2.91. The Morgan fingerprint density at radius 2 is 1.76 bits per heavy atom. The second kappa shape index (κ2) is 5.47. The van der Waals surface area contributed by atoms with Crippen molar-refractivity contribution in [2.24, 2.45) is 0 Å². The highest BCUT2D eigenvalue weighted by Gasteiger charge is 2.33. The lowest BCUT2D eigenvalue weighted by Gasteiger charge is -2.12. The van der Waals surface area contributed by atoms with Crippen LogP contribution in [0.2, 0.25) is 0 Å². The molecule has 3 nitrogen and oxygen atoms in total. The number of rotatable bonds is 2. The highest BCUT2D eigenvalue weighted by Crippen LogP contribution is 2.36. The van der Waals surface area contributed by atoms with Crippen LogP contribution >= 0.6 is 15.9 Å². The Labute approximate surface area is 123 Å². The van der Waals surface area contributed by atoms with Gasteiger partial charge in [0, 0.05) is 10.5 Å². The molecule has 0 fully saturated rings. The number of hydrogen-bond donors (Lipinski definition) is 1. The van der Waals surface area contributed by atoms with Gasteiger partial charge in [-0.15, -0.1) is 0 Å². The first kappa shape index (κ1) is 15.5. The van der Waals surface area contributed by atoms with Gasteiger partial charge in [-0.2, -0.15) is 17.6 Å². The summed E-state index contributed by atoms with van der Waals surface area (Å²) in [6, 6.07) is 2.42. The summed E-state index contributed by atoms with van der Waals surface area (Å²) < 4.78 is 69.5. The molecule has 0 aliphatic heterocycles. The standard InChI is InChI=1S/C12H6BrF5N2O/c13-5-1-6(14)11(15)9(2-5)21-8-3-10(12(16,17)18)20-4-7(8)19/h1-4H,19H2. The van der Waals surface area contributed by atoms with E-state index in [2.05, 4.69) is 20.9 Å². The van der Waals surface area contributed by atoms with E-state index in [0.717, 1.165) is 18.3 Å². The van der Waals surface area contributed by atoms with Crippen molar-refractivity contribution in [3.63, 3.8) is 0 Å². The molecular formula is C12H6BrF5N2O. The van der Waals surface area contributed by atoms with Crippen molar-refractivity contribution in [1.29, 1.82) is 0 Å². The number of ether oxygens (including phenoxy) is 1. The fraction of sp³-hybridized carbons (Fsp3) is 0.0833. The zero-order chi connectivity index (χ0) is 15.8. The Kier molecular flexibility index (Phi) is 4.04. The average molecular weight is 369 g/mol. The molecule has 1 heterocycles. The van der Waals surface area contributed by atoms with E-state index in [1.807, 2.05) is 0 Å². The molecule has 0 saturated carbocycles. The predicted octanol–water partition coefficient (Wildman–Crippen LogP) is 4.52. The van der Waals surface area contributed by atoms with Gasteiger partial charge in [0.2, 0.25) is 5.82 Å². The maximum atomic E-state index is 13.5. The number of nitrogens with two attached hydrogens (primary N) is 1. The van der Waals surface area contributed by atoms with Crippen LogP contribution < -0.4 is 10.5 Å². The maximum Gasteiger partial charge on any atom is 0.433 e. The Balaban J connectivity index is 2.45. The monoisotopic (exact) mass is 368 g/mol. The van der Waals surface area contributed by atoms with Gasteiger partial charge in [0.05, 0.1) is 11.9 Å². The number of halogens is 6. The molecule has 0 amide bonds. The molecule has 0 radical (unpaired) electrons. The topological polar surface area (TPSA) is 48.1 Å². The minimum Gasteiger partial charge on any atom is -0.452 e. The quantitative estimate of drug-likeness (QED) is 0.626. The number of hydrogen-bond acceptors (Lipinski definition) is 3. The summed E-state index contributed by atoms with van der Waals surface area (Å²) in [5.41, 5.74) is 3.92. The van der Waals surface area contributed by atoms with E-state index in [-0.39, 0.29) is 10.2 Å². The average Bonchev–Trinajstić information content (AvgIpc) is 2.36. The molecule has 0 unspecified atom stereocenters. The van der Waals surface area contributed by atoms with Crippen LogP contribution in [0.25, 0.3) is 0 Å². The third-order valence-electron chi connectivity index (χ3n) is 2.37. The number of anilines is 1. The van der Waals surface area contributed by atoms with Crippen LogP contribution in [0, 0.1) is 11.6 Å². The lowest BCUT2D eigenvalue weighted by molar-refractivity contribution is -0.141. The molecule has 9 heteroatoms. The van der Waals surface area contributed by atoms with Gasteiger partial charge in [0.25, 0.3) is 0 Å². The van der Waals surface area contributed by atoms with E-state index in [1.54, 1.807) is 0 Å². The van der Waals surface area contributed by atoms with Gasteiger partial charge in [-0.05, 0) is 12.1 Å². The van der Waals surface area contributed by atoms with E-state index in [0.29, 0.717) is 6.07 Å². The lowest BCUT2D eigenvalue weighted by atomic mass is 10.3. The molecule has 2 rings (SSSR count). The van der Waals surface area contributed by atoms with Crippen LogP contribution in [-0.2, 0) is 6.18 Å². The normalized spacial score (nSPS) is 11.5. The first-order valence-electron chi connectivity index (χ1n) is 5.33. The summed E-state index contributed by atoms with van der Waals surface area (Å²) in [5, 5.41) is 0. The Bertz CT molecular complexity index is 690. The van der Waals surface area contributed by atoms with E-state index in [4.69, 9.17) is 10.5 Å². The van der Waals surface area contributed by atoms with Crippen LogP contribution in [0.4, 0.5) is 27.6 Å². The first-order chi connectivity index (χ1) is 9.68. The van der Waals surface area contributed by atoms with Crippen LogP contribution in [0.1, 0.15) is 5.69 Å². The molecule has 0 aliphatic carbocycles. The number of nitrogens with zero attached hydrogens (tertiary/aromatic N) is 1. The molecule has 2 N–H and O–H groups in total. The van der Waals surface area contributed by atoms with Crippen LogP contribution in [-0.4, -0.2) is 4.98 Å². The van der Waals surface area contributed by atoms with Gasteiger partial charge >= 0.3 is 6.18 Å².